The molecule has 0 N–H and O–H groups in total. The van der Waals surface area contributed by atoms with Gasteiger partial charge in [-0.05, 0) is 86.5 Å². The van der Waals surface area contributed by atoms with Crippen LogP contribution in [-0.4, -0.2) is 11.2 Å². The molecule has 0 aromatic heterocycles. The maximum atomic E-state index is 7.73. The zero-order chi connectivity index (χ0) is 28.4. The van der Waals surface area contributed by atoms with Gasteiger partial charge in [-0.25, -0.2) is 0 Å². The van der Waals surface area contributed by atoms with Gasteiger partial charge in [-0.1, -0.05) is 110 Å². The minimum Gasteiger partial charge on any atom is -0.486 e. The fourth-order valence-electron chi connectivity index (χ4n) is 9.97. The lowest BCUT2D eigenvalue weighted by molar-refractivity contribution is -0.264. The molecule has 40 heavy (non-hydrogen) atoms. The van der Waals surface area contributed by atoms with Crippen molar-refractivity contribution in [2.75, 3.05) is 0 Å². The van der Waals surface area contributed by atoms with Crippen LogP contribution in [0.1, 0.15) is 112 Å². The van der Waals surface area contributed by atoms with Crippen molar-refractivity contribution >= 4 is 0 Å². The van der Waals surface area contributed by atoms with Gasteiger partial charge in [0.15, 0.2) is 0 Å². The van der Waals surface area contributed by atoms with Crippen molar-refractivity contribution in [3.05, 3.63) is 60.7 Å². The Labute approximate surface area is 245 Å². The first-order valence-corrected chi connectivity index (χ1v) is 16.7. The first kappa shape index (κ1) is 29.5. The van der Waals surface area contributed by atoms with E-state index in [2.05, 4.69) is 102 Å². The molecule has 0 saturated heterocycles. The molecule has 2 nitrogen and oxygen atoms in total. The summed E-state index contributed by atoms with van der Waals surface area (Å²) in [5.41, 5.74) is -0.587. The summed E-state index contributed by atoms with van der Waals surface area (Å²) in [6.45, 7) is 14.8. The first-order chi connectivity index (χ1) is 19.2. The average molecular weight is 545 g/mol. The Balaban J connectivity index is 1.81. The molecule has 220 valence electrons. The van der Waals surface area contributed by atoms with Crippen LogP contribution in [0.3, 0.4) is 0 Å². The average Bonchev–Trinajstić information content (AvgIpc) is 2.94. The van der Waals surface area contributed by atoms with Crippen molar-refractivity contribution in [3.8, 4) is 11.5 Å². The van der Waals surface area contributed by atoms with E-state index in [-0.39, 0.29) is 16.6 Å². The predicted octanol–water partition coefficient (Wildman–Crippen LogP) is 10.8. The molecule has 0 bridgehead atoms. The zero-order valence-electron chi connectivity index (χ0n) is 26.3. The van der Waals surface area contributed by atoms with Crippen molar-refractivity contribution in [2.24, 2.45) is 40.9 Å². The van der Waals surface area contributed by atoms with E-state index in [0.29, 0.717) is 35.5 Å². The summed E-state index contributed by atoms with van der Waals surface area (Å²) in [5, 5.41) is 0. The highest BCUT2D eigenvalue weighted by molar-refractivity contribution is 5.30. The molecule has 2 aromatic carbocycles. The lowest BCUT2D eigenvalue weighted by atomic mass is 9.42. The molecule has 3 aliphatic rings. The first-order valence-electron chi connectivity index (χ1n) is 16.7. The highest BCUT2D eigenvalue weighted by Crippen LogP contribution is 2.67. The van der Waals surface area contributed by atoms with Crippen LogP contribution in [0.5, 0.6) is 11.5 Å². The minimum absolute atomic E-state index is 0.0584. The van der Waals surface area contributed by atoms with Gasteiger partial charge < -0.3 is 9.47 Å². The fraction of sp³-hybridized carbons (Fsp3) is 0.684. The van der Waals surface area contributed by atoms with Crippen molar-refractivity contribution in [1.29, 1.82) is 0 Å². The quantitative estimate of drug-likeness (QED) is 0.329. The Bertz CT molecular complexity index is 976. The molecule has 2 aromatic rings. The third-order valence-corrected chi connectivity index (χ3v) is 11.5. The van der Waals surface area contributed by atoms with Crippen LogP contribution >= 0.6 is 0 Å². The number of para-hydroxylation sites is 2. The Morgan fingerprint density at radius 1 is 0.575 bits per heavy atom. The second-order valence-electron chi connectivity index (χ2n) is 14.7. The lowest BCUT2D eigenvalue weighted by Crippen LogP contribution is -2.74. The fourth-order valence-corrected chi connectivity index (χ4v) is 9.97. The topological polar surface area (TPSA) is 18.5 Å². The van der Waals surface area contributed by atoms with Gasteiger partial charge in [0.1, 0.15) is 22.7 Å². The molecule has 6 unspecified atom stereocenters. The van der Waals surface area contributed by atoms with E-state index < -0.39 is 0 Å². The molecular formula is C38H56O2. The Kier molecular flexibility index (Phi) is 8.94. The van der Waals surface area contributed by atoms with Crippen LogP contribution in [0.2, 0.25) is 0 Å². The van der Waals surface area contributed by atoms with Crippen molar-refractivity contribution in [3.63, 3.8) is 0 Å². The Morgan fingerprint density at radius 3 is 1.35 bits per heavy atom. The molecule has 3 fully saturated rings. The minimum atomic E-state index is -0.264. The summed E-state index contributed by atoms with van der Waals surface area (Å²) in [6, 6.07) is 21.7. The second-order valence-corrected chi connectivity index (χ2v) is 14.7. The standard InChI is InChI=1S/C38H56O2/c1-28(2)34-22-20-30(5)26-37(34,39-32-16-10-7-11-17-32)36(24-14-9-15-25-36)38(40-33-18-12-8-13-19-33)27-31(6)21-23-35(38)29(3)4/h7-8,10-13,16-19,28-31,34-35H,9,14-15,20-27H2,1-6H3. The molecule has 0 amide bonds. The number of hydrogen-bond acceptors (Lipinski definition) is 2. The van der Waals surface area contributed by atoms with E-state index in [1.807, 2.05) is 0 Å². The number of rotatable bonds is 8. The van der Waals surface area contributed by atoms with Crippen LogP contribution < -0.4 is 9.47 Å². The third-order valence-electron chi connectivity index (χ3n) is 11.5. The van der Waals surface area contributed by atoms with Gasteiger partial charge in [0.05, 0.1) is 5.41 Å². The number of hydrogen-bond donors (Lipinski definition) is 0. The van der Waals surface area contributed by atoms with Crippen molar-refractivity contribution < 1.29 is 9.47 Å². The number of ether oxygens (including phenoxy) is 2. The van der Waals surface area contributed by atoms with Crippen LogP contribution in [0.15, 0.2) is 60.7 Å². The monoisotopic (exact) mass is 544 g/mol. The van der Waals surface area contributed by atoms with E-state index in [0.717, 1.165) is 24.3 Å². The molecule has 0 radical (unpaired) electrons. The molecule has 5 rings (SSSR count). The normalized spacial score (nSPS) is 34.5. The summed E-state index contributed by atoms with van der Waals surface area (Å²) < 4.78 is 15.5. The van der Waals surface area contributed by atoms with Gasteiger partial charge >= 0.3 is 0 Å². The van der Waals surface area contributed by atoms with Crippen LogP contribution in [0, 0.1) is 40.9 Å². The summed E-state index contributed by atoms with van der Waals surface area (Å²) >= 11 is 0. The molecule has 3 saturated carbocycles. The highest BCUT2D eigenvalue weighted by atomic mass is 16.5. The molecule has 3 aliphatic carbocycles. The molecule has 6 atom stereocenters. The van der Waals surface area contributed by atoms with Crippen LogP contribution in [-0.2, 0) is 0 Å². The van der Waals surface area contributed by atoms with E-state index in [4.69, 9.17) is 9.47 Å². The zero-order valence-corrected chi connectivity index (χ0v) is 26.3. The van der Waals surface area contributed by atoms with Gasteiger partial charge in [0, 0.05) is 11.8 Å². The molecular weight excluding hydrogens is 488 g/mol. The Hall–Kier alpha value is -1.96. The molecule has 2 heteroatoms. The lowest BCUT2D eigenvalue weighted by Gasteiger charge is -2.68. The largest absolute Gasteiger partial charge is 0.486 e. The third kappa shape index (κ3) is 5.22. The van der Waals surface area contributed by atoms with Gasteiger partial charge in [-0.2, -0.15) is 0 Å². The van der Waals surface area contributed by atoms with Crippen LogP contribution in [0.25, 0.3) is 0 Å². The summed E-state index contributed by atoms with van der Waals surface area (Å²) in [5.74, 6) is 5.50. The van der Waals surface area contributed by atoms with E-state index in [1.165, 1.54) is 57.8 Å². The van der Waals surface area contributed by atoms with Gasteiger partial charge in [0.2, 0.25) is 0 Å². The SMILES string of the molecule is CC1CCC(C(C)C)C(Oc2ccccc2)(C2(C3(Oc4ccccc4)CC(C)CCC3C(C)C)CCCCC2)C1. The molecule has 0 heterocycles. The summed E-state index contributed by atoms with van der Waals surface area (Å²) in [4.78, 5) is 0. The highest BCUT2D eigenvalue weighted by Gasteiger charge is 2.71. The van der Waals surface area contributed by atoms with Crippen molar-refractivity contribution in [2.45, 2.75) is 123 Å². The maximum Gasteiger partial charge on any atom is 0.122 e. The van der Waals surface area contributed by atoms with E-state index in [9.17, 15) is 0 Å². The maximum absolute atomic E-state index is 7.73. The summed E-state index contributed by atoms with van der Waals surface area (Å²) in [6.07, 6.45) is 13.6. The Morgan fingerprint density at radius 2 is 0.975 bits per heavy atom. The van der Waals surface area contributed by atoms with Crippen molar-refractivity contribution in [1.82, 2.24) is 0 Å². The smallest absolute Gasteiger partial charge is 0.122 e. The van der Waals surface area contributed by atoms with Gasteiger partial charge in [-0.15, -0.1) is 0 Å². The van der Waals surface area contributed by atoms with E-state index in [1.54, 1.807) is 0 Å². The van der Waals surface area contributed by atoms with E-state index >= 15 is 0 Å². The summed E-state index contributed by atoms with van der Waals surface area (Å²) in [7, 11) is 0. The van der Waals surface area contributed by atoms with Gasteiger partial charge in [0.25, 0.3) is 0 Å². The predicted molar refractivity (Wildman–Crippen MR) is 168 cm³/mol. The number of benzene rings is 2. The van der Waals surface area contributed by atoms with Gasteiger partial charge in [-0.3, -0.25) is 0 Å². The van der Waals surface area contributed by atoms with Crippen LogP contribution in [0.4, 0.5) is 0 Å². The molecule has 0 aliphatic heterocycles. The molecule has 0 spiro atoms. The second kappa shape index (κ2) is 12.1.